The smallest absolute Gasteiger partial charge is 0.346 e. The molecule has 0 aliphatic heterocycles. The van der Waals surface area contributed by atoms with Crippen LogP contribution in [0.1, 0.15) is 22.3 Å². The number of ether oxygens (including phenoxy) is 1. The first-order valence-corrected chi connectivity index (χ1v) is 14.8. The number of carbonyl (C=O) groups excluding carboxylic acids is 2. The van der Waals surface area contributed by atoms with Gasteiger partial charge in [-0.05, 0) is 59.4 Å². The Bertz CT molecular complexity index is 1260. The van der Waals surface area contributed by atoms with Gasteiger partial charge in [-0.1, -0.05) is 36.4 Å². The lowest BCUT2D eigenvalue weighted by Gasteiger charge is -2.14. The second kappa shape index (κ2) is 12.8. The molecular weight excluding hydrogens is 506 g/mol. The van der Waals surface area contributed by atoms with Crippen molar-refractivity contribution in [3.8, 4) is 11.1 Å². The highest BCUT2D eigenvalue weighted by molar-refractivity contribution is 8.71. The fourth-order valence-electron chi connectivity index (χ4n) is 3.04. The highest BCUT2D eigenvalue weighted by Crippen LogP contribution is 2.27. The molecule has 1 heterocycles. The van der Waals surface area contributed by atoms with E-state index < -0.39 is 27.0 Å². The number of aromatic nitrogens is 1. The molecule has 1 aromatic heterocycles. The number of thioether (sulfide) groups is 1. The second-order valence-electron chi connectivity index (χ2n) is 7.39. The summed E-state index contributed by atoms with van der Waals surface area (Å²) in [6.45, 7) is 0.00322. The number of esters is 2. The lowest BCUT2D eigenvalue weighted by atomic mass is 9.97. The van der Waals surface area contributed by atoms with E-state index in [0.29, 0.717) is 44.6 Å². The monoisotopic (exact) mass is 531 g/mol. The third-order valence-corrected chi connectivity index (χ3v) is 8.20. The summed E-state index contributed by atoms with van der Waals surface area (Å²) >= 11 is 1.54. The van der Waals surface area contributed by atoms with Crippen LogP contribution in [0.25, 0.3) is 11.1 Å². The molecular formula is C24H25N3O5S3. The predicted molar refractivity (Wildman–Crippen MR) is 139 cm³/mol. The average molecular weight is 532 g/mol. The third-order valence-electron chi connectivity index (χ3n) is 4.81. The van der Waals surface area contributed by atoms with Crippen LogP contribution in [-0.4, -0.2) is 43.4 Å². The van der Waals surface area contributed by atoms with Gasteiger partial charge in [-0.25, -0.2) is 22.7 Å². The largest absolute Gasteiger partial charge is 0.388 e. The standard InChI is InChI=1S/C24H25N3O5S3/c1-33-13-11-22(25)24(29)32-23(28)20-10-9-17(14-21(20)18-6-3-2-4-7-18)15-27-35(30,31)34-19-8-5-12-26-16-19/h2-10,12,14,16,22,27H,11,13,15,25H2,1H3/t22-/m0/s1. The van der Waals surface area contributed by atoms with Crippen LogP contribution in [0.15, 0.2) is 78.0 Å². The van der Waals surface area contributed by atoms with Crippen molar-refractivity contribution in [1.82, 2.24) is 9.71 Å². The molecule has 2 aromatic carbocycles. The molecule has 0 radical (unpaired) electrons. The number of hydrogen-bond acceptors (Lipinski definition) is 9. The zero-order chi connectivity index (χ0) is 25.3. The summed E-state index contributed by atoms with van der Waals surface area (Å²) in [6, 6.07) is 16.3. The van der Waals surface area contributed by atoms with Gasteiger partial charge in [0.05, 0.1) is 5.56 Å². The molecule has 0 aliphatic carbocycles. The van der Waals surface area contributed by atoms with Crippen LogP contribution in [0.2, 0.25) is 0 Å². The van der Waals surface area contributed by atoms with Crippen molar-refractivity contribution in [2.45, 2.75) is 23.9 Å². The Morgan fingerprint density at radius 3 is 2.57 bits per heavy atom. The van der Waals surface area contributed by atoms with E-state index in [1.54, 1.807) is 42.2 Å². The fraction of sp³-hybridized carbons (Fsp3) is 0.208. The molecule has 0 bridgehead atoms. The van der Waals surface area contributed by atoms with Crippen molar-refractivity contribution in [3.63, 3.8) is 0 Å². The minimum absolute atomic E-state index is 0.00322. The quantitative estimate of drug-likeness (QED) is 0.216. The van der Waals surface area contributed by atoms with E-state index in [-0.39, 0.29) is 12.1 Å². The summed E-state index contributed by atoms with van der Waals surface area (Å²) in [5.41, 5.74) is 7.86. The molecule has 3 aromatic rings. The number of hydrogen-bond donors (Lipinski definition) is 2. The molecule has 0 saturated carbocycles. The van der Waals surface area contributed by atoms with Gasteiger partial charge in [-0.3, -0.25) is 4.98 Å². The lowest BCUT2D eigenvalue weighted by molar-refractivity contribution is -0.139. The van der Waals surface area contributed by atoms with Gasteiger partial charge in [0.2, 0.25) is 0 Å². The molecule has 184 valence electrons. The lowest BCUT2D eigenvalue weighted by Crippen LogP contribution is -2.34. The molecule has 0 unspecified atom stereocenters. The molecule has 3 N–H and O–H groups in total. The number of rotatable bonds is 11. The molecule has 0 fully saturated rings. The summed E-state index contributed by atoms with van der Waals surface area (Å²) in [5.74, 6) is -0.927. The van der Waals surface area contributed by atoms with E-state index >= 15 is 0 Å². The Hall–Kier alpha value is -2.70. The Morgan fingerprint density at radius 1 is 1.11 bits per heavy atom. The number of nitrogens with zero attached hydrogens (tertiary/aromatic N) is 1. The summed E-state index contributed by atoms with van der Waals surface area (Å²) in [6.07, 6.45) is 5.32. The van der Waals surface area contributed by atoms with E-state index in [2.05, 4.69) is 9.71 Å². The molecule has 8 nitrogen and oxygen atoms in total. The van der Waals surface area contributed by atoms with Crippen molar-refractivity contribution < 1.29 is 22.7 Å². The molecule has 3 rings (SSSR count). The first-order chi connectivity index (χ1) is 16.8. The molecule has 0 amide bonds. The Kier molecular flexibility index (Phi) is 9.87. The van der Waals surface area contributed by atoms with Crippen molar-refractivity contribution in [2.24, 2.45) is 5.73 Å². The summed E-state index contributed by atoms with van der Waals surface area (Å²) in [5, 5.41) is 0. The zero-order valence-corrected chi connectivity index (χ0v) is 21.4. The number of pyridine rings is 1. The Morgan fingerprint density at radius 2 is 1.89 bits per heavy atom. The van der Waals surface area contributed by atoms with E-state index in [1.807, 2.05) is 36.6 Å². The van der Waals surface area contributed by atoms with Crippen LogP contribution in [-0.2, 0) is 25.1 Å². The van der Waals surface area contributed by atoms with Crippen molar-refractivity contribution in [2.75, 3.05) is 12.0 Å². The van der Waals surface area contributed by atoms with Gasteiger partial charge >= 0.3 is 11.9 Å². The van der Waals surface area contributed by atoms with E-state index in [0.717, 1.165) is 0 Å². The zero-order valence-electron chi connectivity index (χ0n) is 18.9. The second-order valence-corrected chi connectivity index (χ2v) is 12.0. The van der Waals surface area contributed by atoms with Gasteiger partial charge in [0.25, 0.3) is 9.06 Å². The normalized spacial score (nSPS) is 12.2. The fourth-order valence-corrected chi connectivity index (χ4v) is 5.84. The third kappa shape index (κ3) is 8.18. The van der Waals surface area contributed by atoms with Crippen LogP contribution < -0.4 is 10.5 Å². The number of nitrogens with one attached hydrogen (secondary N) is 1. The SMILES string of the molecule is CSCC[C@H](N)C(=O)OC(=O)c1ccc(CNS(=O)(=O)Sc2cccnc2)cc1-c1ccccc1. The van der Waals surface area contributed by atoms with Crippen LogP contribution >= 0.6 is 22.6 Å². The number of benzene rings is 2. The van der Waals surface area contributed by atoms with Gasteiger partial charge < -0.3 is 10.5 Å². The molecule has 1 atom stereocenters. The highest BCUT2D eigenvalue weighted by atomic mass is 33.1. The van der Waals surface area contributed by atoms with Crippen molar-refractivity contribution in [3.05, 3.63) is 84.2 Å². The first-order valence-electron chi connectivity index (χ1n) is 10.6. The van der Waals surface area contributed by atoms with Gasteiger partial charge in [-0.2, -0.15) is 11.8 Å². The topological polar surface area (TPSA) is 128 Å². The van der Waals surface area contributed by atoms with Crippen LogP contribution in [0.5, 0.6) is 0 Å². The van der Waals surface area contributed by atoms with E-state index in [9.17, 15) is 18.0 Å². The predicted octanol–water partition coefficient (Wildman–Crippen LogP) is 3.64. The Labute approximate surface area is 212 Å². The molecule has 0 saturated heterocycles. The molecule has 35 heavy (non-hydrogen) atoms. The summed E-state index contributed by atoms with van der Waals surface area (Å²) in [4.78, 5) is 29.5. The molecule has 0 spiro atoms. The number of carbonyl (C=O) groups is 2. The van der Waals surface area contributed by atoms with Gasteiger partial charge in [0, 0.05) is 34.6 Å². The van der Waals surface area contributed by atoms with E-state index in [1.165, 1.54) is 12.3 Å². The highest BCUT2D eigenvalue weighted by Gasteiger charge is 2.22. The molecule has 0 aliphatic rings. The average Bonchev–Trinajstić information content (AvgIpc) is 2.86. The molecule has 11 heteroatoms. The van der Waals surface area contributed by atoms with Gasteiger partial charge in [-0.15, -0.1) is 0 Å². The maximum Gasteiger partial charge on any atom is 0.346 e. The summed E-state index contributed by atoms with van der Waals surface area (Å²) < 4.78 is 32.5. The van der Waals surface area contributed by atoms with Gasteiger partial charge in [0.15, 0.2) is 0 Å². The maximum atomic E-state index is 12.8. The first kappa shape index (κ1) is 26.9. The maximum absolute atomic E-state index is 12.8. The van der Waals surface area contributed by atoms with Crippen molar-refractivity contribution in [1.29, 1.82) is 0 Å². The van der Waals surface area contributed by atoms with Crippen LogP contribution in [0.3, 0.4) is 0 Å². The van der Waals surface area contributed by atoms with Crippen LogP contribution in [0.4, 0.5) is 0 Å². The summed E-state index contributed by atoms with van der Waals surface area (Å²) in [7, 11) is -3.03. The minimum Gasteiger partial charge on any atom is -0.388 e. The minimum atomic E-state index is -3.70. The van der Waals surface area contributed by atoms with Gasteiger partial charge in [0.1, 0.15) is 6.04 Å². The van der Waals surface area contributed by atoms with Crippen molar-refractivity contribution >= 4 is 43.5 Å². The van der Waals surface area contributed by atoms with E-state index in [4.69, 9.17) is 10.5 Å². The Balaban J connectivity index is 1.79. The number of nitrogens with two attached hydrogens (primary N) is 1. The van der Waals surface area contributed by atoms with Crippen LogP contribution in [0, 0.1) is 0 Å².